The van der Waals surface area contributed by atoms with Crippen LogP contribution < -0.4 is 9.47 Å². The molecule has 1 aromatic rings. The molecule has 3 rings (SSSR count). The van der Waals surface area contributed by atoms with Crippen LogP contribution in [-0.2, 0) is 40.9 Å². The number of carbonyl (C=O) groups is 2. The Bertz CT molecular complexity index is 1040. The summed E-state index contributed by atoms with van der Waals surface area (Å²) in [6.07, 6.45) is -0.946. The van der Waals surface area contributed by atoms with Crippen LogP contribution in [0.15, 0.2) is 42.6 Å². The number of azide groups is 1. The van der Waals surface area contributed by atoms with Crippen LogP contribution in [0.5, 0.6) is 11.5 Å². The van der Waals surface area contributed by atoms with Gasteiger partial charge in [-0.3, -0.25) is 9.59 Å². The number of nitrogens with zero attached hydrogens (tertiary/aromatic N) is 3. The van der Waals surface area contributed by atoms with Gasteiger partial charge in [0.2, 0.25) is 5.79 Å². The lowest BCUT2D eigenvalue weighted by Gasteiger charge is -2.48. The summed E-state index contributed by atoms with van der Waals surface area (Å²) in [5.41, 5.74) is 10.1. The highest BCUT2D eigenvalue weighted by Crippen LogP contribution is 2.52. The molecule has 12 nitrogen and oxygen atoms in total. The fourth-order valence-electron chi connectivity index (χ4n) is 4.06. The standard InChI is InChI=1S/C23H27N3O9/c1-5-7-30-16-9-15-11-33-23(19(15)17(10-16)31-8-6-2)22(34-14(4)28)20(25-26-24)21(29)18(35-23)12-32-13(3)27/h5-6,9-10,18,20-22,29H,1-2,7-8,11-12H2,3-4H3/t18-,20?,21?,22?,23?/m1/s1. The molecule has 2 aliphatic heterocycles. The van der Waals surface area contributed by atoms with Crippen LogP contribution in [0.4, 0.5) is 0 Å². The zero-order chi connectivity index (χ0) is 25.6. The third-order valence-corrected chi connectivity index (χ3v) is 5.34. The Balaban J connectivity index is 2.19. The van der Waals surface area contributed by atoms with Gasteiger partial charge in [-0.05, 0) is 17.2 Å². The van der Waals surface area contributed by atoms with Gasteiger partial charge < -0.3 is 33.5 Å². The molecule has 2 heterocycles. The van der Waals surface area contributed by atoms with E-state index in [1.165, 1.54) is 13.0 Å². The first-order valence-corrected chi connectivity index (χ1v) is 10.8. The van der Waals surface area contributed by atoms with Crippen molar-refractivity contribution in [1.29, 1.82) is 0 Å². The van der Waals surface area contributed by atoms with Crippen LogP contribution in [-0.4, -0.2) is 61.2 Å². The van der Waals surface area contributed by atoms with Crippen molar-refractivity contribution in [1.82, 2.24) is 0 Å². The lowest BCUT2D eigenvalue weighted by Crippen LogP contribution is -2.64. The second-order valence-corrected chi connectivity index (χ2v) is 7.79. The third-order valence-electron chi connectivity index (χ3n) is 5.34. The van der Waals surface area contributed by atoms with E-state index in [1.54, 1.807) is 18.2 Å². The van der Waals surface area contributed by atoms with Gasteiger partial charge in [0.05, 0.1) is 18.3 Å². The van der Waals surface area contributed by atoms with Gasteiger partial charge in [0.1, 0.15) is 43.5 Å². The molecule has 0 radical (unpaired) electrons. The van der Waals surface area contributed by atoms with Crippen LogP contribution in [0.2, 0.25) is 0 Å². The zero-order valence-corrected chi connectivity index (χ0v) is 19.4. The largest absolute Gasteiger partial charge is 0.489 e. The summed E-state index contributed by atoms with van der Waals surface area (Å²) in [6, 6.07) is 1.97. The van der Waals surface area contributed by atoms with Crippen LogP contribution in [0, 0.1) is 0 Å². The number of hydrogen-bond donors (Lipinski definition) is 1. The van der Waals surface area contributed by atoms with Gasteiger partial charge in [0, 0.05) is 24.8 Å². The van der Waals surface area contributed by atoms with Crippen molar-refractivity contribution >= 4 is 11.9 Å². The molecule has 35 heavy (non-hydrogen) atoms. The Hall–Kier alpha value is -3.57. The smallest absolute Gasteiger partial charge is 0.303 e. The minimum absolute atomic E-state index is 0.0117. The number of rotatable bonds is 10. The van der Waals surface area contributed by atoms with E-state index in [0.29, 0.717) is 16.9 Å². The van der Waals surface area contributed by atoms with Crippen LogP contribution >= 0.6 is 0 Å². The maximum absolute atomic E-state index is 12.1. The second kappa shape index (κ2) is 11.2. The van der Waals surface area contributed by atoms with Crippen molar-refractivity contribution in [2.24, 2.45) is 5.11 Å². The van der Waals surface area contributed by atoms with Gasteiger partial charge in [0.25, 0.3) is 0 Å². The number of carbonyl (C=O) groups excluding carboxylic acids is 2. The average Bonchev–Trinajstić information content (AvgIpc) is 3.18. The van der Waals surface area contributed by atoms with Crippen molar-refractivity contribution in [2.45, 2.75) is 50.6 Å². The number of aliphatic hydroxyl groups excluding tert-OH is 1. The summed E-state index contributed by atoms with van der Waals surface area (Å²) in [7, 11) is 0. The first kappa shape index (κ1) is 26.0. The maximum Gasteiger partial charge on any atom is 0.303 e. The van der Waals surface area contributed by atoms with Crippen molar-refractivity contribution in [3.8, 4) is 11.5 Å². The Morgan fingerprint density at radius 1 is 1.26 bits per heavy atom. The van der Waals surface area contributed by atoms with Crippen LogP contribution in [0.25, 0.3) is 10.4 Å². The predicted octanol–water partition coefficient (Wildman–Crippen LogP) is 2.43. The molecule has 1 N–H and O–H groups in total. The fraction of sp³-hybridized carbons (Fsp3) is 0.478. The van der Waals surface area contributed by atoms with E-state index in [-0.39, 0.29) is 32.2 Å². The minimum atomic E-state index is -1.85. The number of aliphatic hydroxyl groups is 1. The summed E-state index contributed by atoms with van der Waals surface area (Å²) in [5.74, 6) is -2.44. The molecule has 0 bridgehead atoms. The van der Waals surface area contributed by atoms with Gasteiger partial charge in [-0.15, -0.1) is 0 Å². The van der Waals surface area contributed by atoms with Crippen molar-refractivity contribution in [3.63, 3.8) is 0 Å². The Morgan fingerprint density at radius 3 is 2.60 bits per heavy atom. The van der Waals surface area contributed by atoms with E-state index in [1.807, 2.05) is 0 Å². The molecule has 0 aliphatic carbocycles. The molecular weight excluding hydrogens is 462 g/mol. The quantitative estimate of drug-likeness (QED) is 0.171. The number of fused-ring (bicyclic) bond motifs is 2. The molecule has 1 saturated heterocycles. The van der Waals surface area contributed by atoms with Crippen molar-refractivity contribution < 1.29 is 43.1 Å². The number of ether oxygens (including phenoxy) is 6. The first-order valence-electron chi connectivity index (χ1n) is 10.8. The number of esters is 2. The molecule has 4 unspecified atom stereocenters. The molecule has 1 spiro atoms. The van der Waals surface area contributed by atoms with E-state index < -0.39 is 42.1 Å². The molecule has 1 fully saturated rings. The Kier molecular flexibility index (Phi) is 8.36. The summed E-state index contributed by atoms with van der Waals surface area (Å²) in [6.45, 7) is 9.64. The van der Waals surface area contributed by atoms with E-state index in [0.717, 1.165) is 6.92 Å². The Morgan fingerprint density at radius 2 is 1.97 bits per heavy atom. The van der Waals surface area contributed by atoms with E-state index in [2.05, 4.69) is 23.2 Å². The maximum atomic E-state index is 12.1. The van der Waals surface area contributed by atoms with E-state index in [9.17, 15) is 20.2 Å². The summed E-state index contributed by atoms with van der Waals surface area (Å²) < 4.78 is 34.4. The van der Waals surface area contributed by atoms with Crippen molar-refractivity contribution in [3.05, 3.63) is 59.0 Å². The van der Waals surface area contributed by atoms with Gasteiger partial charge >= 0.3 is 11.9 Å². The topological polar surface area (TPSA) is 159 Å². The predicted molar refractivity (Wildman–Crippen MR) is 120 cm³/mol. The molecule has 0 saturated carbocycles. The summed E-state index contributed by atoms with van der Waals surface area (Å²) in [5, 5.41) is 14.6. The highest BCUT2D eigenvalue weighted by molar-refractivity contribution is 5.67. The van der Waals surface area contributed by atoms with Gasteiger partial charge in [-0.2, -0.15) is 0 Å². The second-order valence-electron chi connectivity index (χ2n) is 7.79. The van der Waals surface area contributed by atoms with Crippen molar-refractivity contribution in [2.75, 3.05) is 19.8 Å². The monoisotopic (exact) mass is 489 g/mol. The van der Waals surface area contributed by atoms with E-state index in [4.69, 9.17) is 28.4 Å². The number of benzene rings is 1. The molecule has 0 amide bonds. The molecule has 0 aromatic heterocycles. The van der Waals surface area contributed by atoms with Gasteiger partial charge in [0.15, 0.2) is 6.10 Å². The lowest BCUT2D eigenvalue weighted by molar-refractivity contribution is -0.351. The van der Waals surface area contributed by atoms with E-state index >= 15 is 0 Å². The molecule has 1 aromatic carbocycles. The molecule has 12 heteroatoms. The molecule has 5 atom stereocenters. The molecular formula is C23H27N3O9. The van der Waals surface area contributed by atoms with Crippen LogP contribution in [0.3, 0.4) is 0 Å². The first-order chi connectivity index (χ1) is 16.8. The summed E-state index contributed by atoms with van der Waals surface area (Å²) in [4.78, 5) is 26.3. The SMILES string of the molecule is C=CCOc1cc2c(c(OCC=C)c1)C1(OC2)O[C@H](COC(C)=O)C(O)C(N=[N+]=[N-])C1OC(C)=O. The fourth-order valence-corrected chi connectivity index (χ4v) is 4.06. The van der Waals surface area contributed by atoms with Gasteiger partial charge in [-0.25, -0.2) is 0 Å². The lowest BCUT2D eigenvalue weighted by atomic mass is 9.85. The minimum Gasteiger partial charge on any atom is -0.489 e. The Labute approximate surface area is 201 Å². The normalized spacial score (nSPS) is 26.7. The highest BCUT2D eigenvalue weighted by Gasteiger charge is 2.62. The summed E-state index contributed by atoms with van der Waals surface area (Å²) >= 11 is 0. The molecule has 2 aliphatic rings. The average molecular weight is 489 g/mol. The number of hydrogen-bond acceptors (Lipinski definition) is 10. The third kappa shape index (κ3) is 5.41. The van der Waals surface area contributed by atoms with Crippen LogP contribution in [0.1, 0.15) is 25.0 Å². The highest BCUT2D eigenvalue weighted by atomic mass is 16.7. The molecule has 188 valence electrons. The zero-order valence-electron chi connectivity index (χ0n) is 19.4. The van der Waals surface area contributed by atoms with Gasteiger partial charge in [-0.1, -0.05) is 30.4 Å².